The van der Waals surface area contributed by atoms with Gasteiger partial charge < -0.3 is 10.1 Å². The first kappa shape index (κ1) is 18.4. The fourth-order valence-electron chi connectivity index (χ4n) is 3.14. The Morgan fingerprint density at radius 3 is 2.46 bits per heavy atom. The van der Waals surface area contributed by atoms with Crippen molar-refractivity contribution in [3.05, 3.63) is 66.0 Å². The highest BCUT2D eigenvalue weighted by Gasteiger charge is 2.22. The predicted octanol–water partition coefficient (Wildman–Crippen LogP) is 3.03. The molecule has 4 nitrogen and oxygen atoms in total. The van der Waals surface area contributed by atoms with Crippen molar-refractivity contribution in [2.24, 2.45) is 0 Å². The minimum atomic E-state index is -0.259. The molecule has 1 aliphatic heterocycles. The number of halogens is 1. The van der Waals surface area contributed by atoms with Crippen molar-refractivity contribution in [3.8, 4) is 5.75 Å². The summed E-state index contributed by atoms with van der Waals surface area (Å²) in [6.45, 7) is 2.75. The van der Waals surface area contributed by atoms with E-state index in [0.29, 0.717) is 18.8 Å². The van der Waals surface area contributed by atoms with Crippen LogP contribution in [0, 0.1) is 5.82 Å². The molecule has 0 aromatic heterocycles. The molecule has 1 amide bonds. The van der Waals surface area contributed by atoms with Gasteiger partial charge in [-0.3, -0.25) is 9.69 Å². The lowest BCUT2D eigenvalue weighted by Crippen LogP contribution is -2.44. The smallest absolute Gasteiger partial charge is 0.234 e. The molecule has 0 atom stereocenters. The standard InChI is InChI=1S/C21H25FN2O2/c22-18-6-8-19(9-7-18)26-20-11-14-24(15-12-20)16-21(25)23-13-10-17-4-2-1-3-5-17/h1-9,20H,10-16H2,(H,23,25). The normalized spacial score (nSPS) is 15.6. The van der Waals surface area contributed by atoms with Crippen LogP contribution in [0.3, 0.4) is 0 Å². The quantitative estimate of drug-likeness (QED) is 0.829. The van der Waals surface area contributed by atoms with Gasteiger partial charge in [0, 0.05) is 19.6 Å². The van der Waals surface area contributed by atoms with E-state index in [1.807, 2.05) is 18.2 Å². The molecule has 5 heteroatoms. The molecule has 1 fully saturated rings. The summed E-state index contributed by atoms with van der Waals surface area (Å²) in [5.41, 5.74) is 1.23. The molecule has 1 saturated heterocycles. The van der Waals surface area contributed by atoms with Crippen LogP contribution in [0.1, 0.15) is 18.4 Å². The topological polar surface area (TPSA) is 41.6 Å². The molecule has 26 heavy (non-hydrogen) atoms. The lowest BCUT2D eigenvalue weighted by molar-refractivity contribution is -0.122. The molecule has 0 unspecified atom stereocenters. The Bertz CT molecular complexity index is 683. The molecule has 0 saturated carbocycles. The number of carbonyl (C=O) groups is 1. The first-order chi connectivity index (χ1) is 12.7. The molecule has 0 bridgehead atoms. The second kappa shape index (κ2) is 9.34. The molecule has 1 N–H and O–H groups in total. The van der Waals surface area contributed by atoms with E-state index in [1.54, 1.807) is 12.1 Å². The lowest BCUT2D eigenvalue weighted by Gasteiger charge is -2.31. The number of rotatable bonds is 7. The number of amides is 1. The Balaban J connectivity index is 1.33. The number of carbonyl (C=O) groups excluding carboxylic acids is 1. The van der Waals surface area contributed by atoms with Gasteiger partial charge in [-0.15, -0.1) is 0 Å². The Hall–Kier alpha value is -2.40. The van der Waals surface area contributed by atoms with Gasteiger partial charge in [-0.05, 0) is 49.1 Å². The van der Waals surface area contributed by atoms with Gasteiger partial charge in [0.05, 0.1) is 6.54 Å². The first-order valence-corrected chi connectivity index (χ1v) is 9.14. The van der Waals surface area contributed by atoms with Gasteiger partial charge in [0.1, 0.15) is 17.7 Å². The summed E-state index contributed by atoms with van der Waals surface area (Å²) in [4.78, 5) is 14.2. The summed E-state index contributed by atoms with van der Waals surface area (Å²) in [5.74, 6) is 0.507. The summed E-state index contributed by atoms with van der Waals surface area (Å²) >= 11 is 0. The largest absolute Gasteiger partial charge is 0.490 e. The summed E-state index contributed by atoms with van der Waals surface area (Å²) in [6.07, 6.45) is 2.71. The third kappa shape index (κ3) is 5.85. The Kier molecular flexibility index (Phi) is 6.61. The van der Waals surface area contributed by atoms with Gasteiger partial charge >= 0.3 is 0 Å². The Labute approximate surface area is 154 Å². The molecule has 3 rings (SSSR count). The molecular weight excluding hydrogens is 331 g/mol. The maximum Gasteiger partial charge on any atom is 0.234 e. The molecule has 138 valence electrons. The number of benzene rings is 2. The summed E-state index contributed by atoms with van der Waals surface area (Å²) < 4.78 is 18.8. The zero-order valence-corrected chi connectivity index (χ0v) is 14.9. The van der Waals surface area contributed by atoms with Crippen LogP contribution in [-0.2, 0) is 11.2 Å². The highest BCUT2D eigenvalue weighted by atomic mass is 19.1. The van der Waals surface area contributed by atoms with E-state index in [0.717, 1.165) is 32.4 Å². The highest BCUT2D eigenvalue weighted by molar-refractivity contribution is 5.78. The van der Waals surface area contributed by atoms with Crippen LogP contribution in [-0.4, -0.2) is 43.1 Å². The lowest BCUT2D eigenvalue weighted by atomic mass is 10.1. The zero-order chi connectivity index (χ0) is 18.2. The van der Waals surface area contributed by atoms with E-state index in [2.05, 4.69) is 22.3 Å². The minimum Gasteiger partial charge on any atom is -0.490 e. The van der Waals surface area contributed by atoms with Crippen LogP contribution in [0.2, 0.25) is 0 Å². The maximum atomic E-state index is 12.9. The minimum absolute atomic E-state index is 0.0684. The number of nitrogens with zero attached hydrogens (tertiary/aromatic N) is 1. The number of likely N-dealkylation sites (tertiary alicyclic amines) is 1. The second-order valence-electron chi connectivity index (χ2n) is 6.63. The average molecular weight is 356 g/mol. The van der Waals surface area contributed by atoms with Gasteiger partial charge in [-0.25, -0.2) is 4.39 Å². The van der Waals surface area contributed by atoms with Crippen LogP contribution in [0.15, 0.2) is 54.6 Å². The number of hydrogen-bond donors (Lipinski definition) is 1. The van der Waals surface area contributed by atoms with E-state index < -0.39 is 0 Å². The first-order valence-electron chi connectivity index (χ1n) is 9.14. The van der Waals surface area contributed by atoms with Crippen LogP contribution in [0.25, 0.3) is 0 Å². The van der Waals surface area contributed by atoms with Crippen molar-refractivity contribution in [1.82, 2.24) is 10.2 Å². The van der Waals surface area contributed by atoms with E-state index in [1.165, 1.54) is 17.7 Å². The van der Waals surface area contributed by atoms with Crippen molar-refractivity contribution in [1.29, 1.82) is 0 Å². The number of ether oxygens (including phenoxy) is 1. The third-order valence-electron chi connectivity index (χ3n) is 4.60. The van der Waals surface area contributed by atoms with Crippen molar-refractivity contribution >= 4 is 5.91 Å². The molecule has 1 heterocycles. The molecule has 0 radical (unpaired) electrons. The zero-order valence-electron chi connectivity index (χ0n) is 14.9. The van der Waals surface area contributed by atoms with Gasteiger partial charge in [-0.1, -0.05) is 30.3 Å². The van der Waals surface area contributed by atoms with Crippen LogP contribution >= 0.6 is 0 Å². The molecule has 2 aromatic carbocycles. The van der Waals surface area contributed by atoms with Gasteiger partial charge in [0.15, 0.2) is 0 Å². The van der Waals surface area contributed by atoms with Crippen LogP contribution < -0.4 is 10.1 Å². The predicted molar refractivity (Wildman–Crippen MR) is 99.6 cm³/mol. The third-order valence-corrected chi connectivity index (χ3v) is 4.60. The second-order valence-corrected chi connectivity index (χ2v) is 6.63. The summed E-state index contributed by atoms with van der Waals surface area (Å²) in [5, 5.41) is 2.99. The number of piperidine rings is 1. The molecule has 1 aliphatic rings. The Morgan fingerprint density at radius 1 is 1.08 bits per heavy atom. The van der Waals surface area contributed by atoms with E-state index in [-0.39, 0.29) is 17.8 Å². The fraction of sp³-hybridized carbons (Fsp3) is 0.381. The monoisotopic (exact) mass is 356 g/mol. The van der Waals surface area contributed by atoms with E-state index >= 15 is 0 Å². The van der Waals surface area contributed by atoms with Crippen molar-refractivity contribution in [3.63, 3.8) is 0 Å². The number of nitrogens with one attached hydrogen (secondary N) is 1. The summed E-state index contributed by atoms with van der Waals surface area (Å²) in [7, 11) is 0. The number of hydrogen-bond acceptors (Lipinski definition) is 3. The van der Waals surface area contributed by atoms with Crippen molar-refractivity contribution < 1.29 is 13.9 Å². The SMILES string of the molecule is O=C(CN1CCC(Oc2ccc(F)cc2)CC1)NCCc1ccccc1. The highest BCUT2D eigenvalue weighted by Crippen LogP contribution is 2.19. The summed E-state index contributed by atoms with van der Waals surface area (Å²) in [6, 6.07) is 16.3. The van der Waals surface area contributed by atoms with Crippen molar-refractivity contribution in [2.75, 3.05) is 26.2 Å². The van der Waals surface area contributed by atoms with Gasteiger partial charge in [-0.2, -0.15) is 0 Å². The van der Waals surface area contributed by atoms with Crippen LogP contribution in [0.5, 0.6) is 5.75 Å². The Morgan fingerprint density at radius 2 is 1.77 bits per heavy atom. The van der Waals surface area contributed by atoms with Gasteiger partial charge in [0.25, 0.3) is 0 Å². The van der Waals surface area contributed by atoms with Crippen LogP contribution in [0.4, 0.5) is 4.39 Å². The maximum absolute atomic E-state index is 12.9. The molecule has 0 aliphatic carbocycles. The molecule has 0 spiro atoms. The molecule has 2 aromatic rings. The van der Waals surface area contributed by atoms with Gasteiger partial charge in [0.2, 0.25) is 5.91 Å². The molecular formula is C21H25FN2O2. The van der Waals surface area contributed by atoms with E-state index in [4.69, 9.17) is 4.74 Å². The van der Waals surface area contributed by atoms with E-state index in [9.17, 15) is 9.18 Å². The fourth-order valence-corrected chi connectivity index (χ4v) is 3.14. The van der Waals surface area contributed by atoms with Crippen molar-refractivity contribution in [2.45, 2.75) is 25.4 Å². The average Bonchev–Trinajstić information content (AvgIpc) is 2.66.